The maximum Gasteiger partial charge on any atom is 0.316 e. The van der Waals surface area contributed by atoms with Crippen LogP contribution in [-0.2, 0) is 32.7 Å². The molecule has 12 nitrogen and oxygen atoms in total. The molecule has 2 atom stereocenters. The number of aliphatic hydroxyl groups excluding tert-OH is 1. The van der Waals surface area contributed by atoms with E-state index in [1.807, 2.05) is 0 Å². The number of aromatic amines is 1. The monoisotopic (exact) mass is 814 g/mol. The summed E-state index contributed by atoms with van der Waals surface area (Å²) in [5.74, 6) is 0.977. The first kappa shape index (κ1) is 41.5. The van der Waals surface area contributed by atoms with Gasteiger partial charge in [0.1, 0.15) is 23.4 Å². The molecule has 4 heterocycles. The summed E-state index contributed by atoms with van der Waals surface area (Å²) in [6.45, 7) is 3.89. The van der Waals surface area contributed by atoms with Gasteiger partial charge >= 0.3 is 5.97 Å². The number of fused-ring (bicyclic) bond motifs is 4. The van der Waals surface area contributed by atoms with Crippen LogP contribution in [0, 0.1) is 5.92 Å². The molecular formula is C45H55ClN4O8. The molecule has 4 N–H and O–H groups in total. The minimum absolute atomic E-state index is 0.00241. The van der Waals surface area contributed by atoms with Crippen LogP contribution in [0.5, 0.6) is 17.2 Å². The first-order valence-electron chi connectivity index (χ1n) is 20.5. The Morgan fingerprint density at radius 1 is 1.05 bits per heavy atom. The van der Waals surface area contributed by atoms with Crippen molar-refractivity contribution in [2.24, 2.45) is 5.92 Å². The lowest BCUT2D eigenvalue weighted by molar-refractivity contribution is -0.167. The fraction of sp³-hybridized carbons (Fsp3) is 0.489. The van der Waals surface area contributed by atoms with E-state index in [1.165, 1.54) is 19.2 Å². The van der Waals surface area contributed by atoms with Gasteiger partial charge in [-0.05, 0) is 92.4 Å². The van der Waals surface area contributed by atoms with Crippen molar-refractivity contribution in [1.82, 2.24) is 20.1 Å². The van der Waals surface area contributed by atoms with E-state index in [1.54, 1.807) is 36.2 Å². The number of phenolic OH excluding ortho intramolecular Hbond substituents is 1. The molecule has 4 aliphatic rings. The van der Waals surface area contributed by atoms with Gasteiger partial charge < -0.3 is 39.6 Å². The summed E-state index contributed by atoms with van der Waals surface area (Å²) in [5.41, 5.74) is 2.79. The molecule has 58 heavy (non-hydrogen) atoms. The van der Waals surface area contributed by atoms with Gasteiger partial charge in [-0.3, -0.25) is 19.3 Å². The molecule has 3 aliphatic heterocycles. The molecule has 4 fully saturated rings. The Kier molecular flexibility index (Phi) is 13.3. The highest BCUT2D eigenvalue weighted by atomic mass is 35.5. The fourth-order valence-corrected chi connectivity index (χ4v) is 9.24. The van der Waals surface area contributed by atoms with Crippen LogP contribution >= 0.6 is 11.6 Å². The number of ether oxygens (including phenoxy) is 3. The third-order valence-corrected chi connectivity index (χ3v) is 12.7. The molecule has 310 valence electrons. The number of aliphatic hydroxyl groups is 1. The maximum atomic E-state index is 14.0. The molecule has 1 amide bonds. The number of phenols is 1. The minimum Gasteiger partial charge on any atom is -0.506 e. The number of pyridine rings is 1. The summed E-state index contributed by atoms with van der Waals surface area (Å²) in [5, 5.41) is 25.2. The molecule has 1 saturated carbocycles. The van der Waals surface area contributed by atoms with E-state index >= 15 is 0 Å². The summed E-state index contributed by atoms with van der Waals surface area (Å²) in [6, 6.07) is 17.8. The number of esters is 1. The Hall–Kier alpha value is -4.62. The van der Waals surface area contributed by atoms with Crippen LogP contribution < -0.4 is 20.3 Å². The number of rotatable bonds is 16. The van der Waals surface area contributed by atoms with Crippen molar-refractivity contribution in [2.75, 3.05) is 53.5 Å². The first-order valence-corrected chi connectivity index (χ1v) is 20.9. The number of aromatic nitrogens is 1. The molecule has 1 aromatic heterocycles. The molecule has 0 spiro atoms. The summed E-state index contributed by atoms with van der Waals surface area (Å²) >= 11 is 6.60. The van der Waals surface area contributed by atoms with Gasteiger partial charge in [-0.25, -0.2) is 0 Å². The molecule has 0 unspecified atom stereocenters. The van der Waals surface area contributed by atoms with Crippen LogP contribution in [0.3, 0.4) is 0 Å². The lowest BCUT2D eigenvalue weighted by Gasteiger charge is -2.45. The number of hydrogen-bond donors (Lipinski definition) is 4. The van der Waals surface area contributed by atoms with Gasteiger partial charge in [-0.15, -0.1) is 0 Å². The predicted octanol–water partition coefficient (Wildman–Crippen LogP) is 6.03. The largest absolute Gasteiger partial charge is 0.506 e. The van der Waals surface area contributed by atoms with Crippen LogP contribution in [0.1, 0.15) is 79.7 Å². The van der Waals surface area contributed by atoms with E-state index < -0.39 is 11.5 Å². The molecule has 4 aromatic rings. The number of nitrogens with one attached hydrogen (secondary N) is 2. The maximum absolute atomic E-state index is 14.0. The van der Waals surface area contributed by atoms with Gasteiger partial charge in [-0.1, -0.05) is 61.2 Å². The Morgan fingerprint density at radius 3 is 2.59 bits per heavy atom. The lowest BCUT2D eigenvalue weighted by atomic mass is 9.69. The smallest absolute Gasteiger partial charge is 0.316 e. The zero-order valence-corrected chi connectivity index (χ0v) is 34.2. The van der Waals surface area contributed by atoms with Crippen molar-refractivity contribution in [3.8, 4) is 17.2 Å². The average molecular weight is 815 g/mol. The van der Waals surface area contributed by atoms with Crippen molar-refractivity contribution in [1.29, 1.82) is 0 Å². The molecular weight excluding hydrogens is 760 g/mol. The van der Waals surface area contributed by atoms with Crippen LogP contribution in [0.15, 0.2) is 65.5 Å². The van der Waals surface area contributed by atoms with E-state index in [4.69, 9.17) is 25.8 Å². The summed E-state index contributed by atoms with van der Waals surface area (Å²) in [7, 11) is 3.29. The summed E-state index contributed by atoms with van der Waals surface area (Å²) in [6.07, 6.45) is 7.61. The number of H-pyrrole nitrogens is 1. The number of hydrogen-bond acceptors (Lipinski definition) is 10. The van der Waals surface area contributed by atoms with Crippen LogP contribution in [0.4, 0.5) is 0 Å². The number of methoxy groups -OCH3 is 1. The highest BCUT2D eigenvalue weighted by molar-refractivity contribution is 6.32. The summed E-state index contributed by atoms with van der Waals surface area (Å²) < 4.78 is 17.8. The molecule has 13 heteroatoms. The minimum atomic E-state index is -0.935. The van der Waals surface area contributed by atoms with Crippen molar-refractivity contribution in [3.63, 3.8) is 0 Å². The quantitative estimate of drug-likeness (QED) is 0.0988. The Labute approximate surface area is 344 Å². The first-order chi connectivity index (χ1) is 28.0. The van der Waals surface area contributed by atoms with E-state index in [-0.39, 0.29) is 48.0 Å². The molecule has 2 bridgehead atoms. The van der Waals surface area contributed by atoms with Gasteiger partial charge in [0.15, 0.2) is 6.61 Å². The Morgan fingerprint density at radius 2 is 1.84 bits per heavy atom. The van der Waals surface area contributed by atoms with Gasteiger partial charge in [0, 0.05) is 56.3 Å². The number of carbonyl (C=O) groups is 2. The van der Waals surface area contributed by atoms with Crippen molar-refractivity contribution in [3.05, 3.63) is 98.3 Å². The second-order valence-electron chi connectivity index (χ2n) is 16.2. The van der Waals surface area contributed by atoms with Crippen LogP contribution in [0.25, 0.3) is 10.9 Å². The lowest BCUT2D eigenvalue weighted by Crippen LogP contribution is -2.53. The highest BCUT2D eigenvalue weighted by Crippen LogP contribution is 2.42. The predicted molar refractivity (Wildman–Crippen MR) is 223 cm³/mol. The number of amides is 1. The zero-order chi connectivity index (χ0) is 40.8. The van der Waals surface area contributed by atoms with Gasteiger partial charge in [0.25, 0.3) is 5.91 Å². The number of carbonyl (C=O) groups excluding carboxylic acids is 2. The number of nitrogens with zero attached hydrogens (tertiary/aromatic N) is 2. The standard InChI is InChI=1S/C45H55ClN4O8/c1-49(19-7-9-29-8-6-10-32(22-29)45(17-4-3-5-18-45)44(55)58-40-27-50-20-15-30(40)16-21-50)42(54)28-57-39-24-38(56-2)31(23-35(39)46)25-47-26-37(52)33-11-13-36(51)43-34(33)12-14-41(53)48-43/h6,8,10-14,22-24,30,37,40,47,51-52H,3-5,7,9,15-21,25-28H2,1-2H3,(H,48,53)/t37-,40-/m0/s1. The number of aromatic hydroxyl groups is 1. The van der Waals surface area contributed by atoms with Crippen LogP contribution in [-0.4, -0.2) is 96.5 Å². The van der Waals surface area contributed by atoms with E-state index in [9.17, 15) is 24.6 Å². The van der Waals surface area contributed by atoms with E-state index in [2.05, 4.69) is 39.5 Å². The molecule has 3 aromatic carbocycles. The molecule has 3 saturated heterocycles. The second-order valence-corrected chi connectivity index (χ2v) is 16.6. The van der Waals surface area contributed by atoms with Crippen molar-refractivity contribution < 1.29 is 34.0 Å². The van der Waals surface area contributed by atoms with Gasteiger partial charge in [0.2, 0.25) is 5.56 Å². The topological polar surface area (TPSA) is 154 Å². The average Bonchev–Trinajstić information content (AvgIpc) is 3.24. The van der Waals surface area contributed by atoms with Crippen molar-refractivity contribution in [2.45, 2.75) is 82.0 Å². The molecule has 0 radical (unpaired) electrons. The number of piperidine rings is 3. The van der Waals surface area contributed by atoms with E-state index in [0.717, 1.165) is 94.1 Å². The van der Waals surface area contributed by atoms with E-state index in [0.29, 0.717) is 46.5 Å². The molecule has 8 rings (SSSR count). The third-order valence-electron chi connectivity index (χ3n) is 12.4. The normalized spacial score (nSPS) is 20.4. The SMILES string of the molecule is COc1cc(OCC(=O)N(C)CCCc2cccc(C3(C(=O)O[C@H]4CN5CCC4CC5)CCCCC3)c2)c(Cl)cc1CNC[C@H](O)c1ccc(O)c2[nH]c(=O)ccc12. The van der Waals surface area contributed by atoms with Gasteiger partial charge in [0.05, 0.1) is 29.2 Å². The summed E-state index contributed by atoms with van der Waals surface area (Å²) in [4.78, 5) is 45.6. The fourth-order valence-electron chi connectivity index (χ4n) is 9.00. The van der Waals surface area contributed by atoms with Crippen molar-refractivity contribution >= 4 is 34.4 Å². The zero-order valence-electron chi connectivity index (χ0n) is 33.4. The Balaban J connectivity index is 0.894. The number of benzene rings is 3. The van der Waals surface area contributed by atoms with Gasteiger partial charge in [-0.2, -0.15) is 0 Å². The highest BCUT2D eigenvalue weighted by Gasteiger charge is 2.46. The number of halogens is 1. The third kappa shape index (κ3) is 9.31. The number of aryl methyl sites for hydroxylation is 1. The second kappa shape index (κ2) is 18.5. The number of likely N-dealkylation sites (N-methyl/N-ethyl adjacent to an activating group) is 1. The Bertz CT molecular complexity index is 2150. The van der Waals surface area contributed by atoms with Crippen LogP contribution in [0.2, 0.25) is 5.02 Å². The molecule has 1 aliphatic carbocycles.